The Morgan fingerprint density at radius 1 is 0.696 bits per heavy atom. The molecule has 0 aromatic carbocycles. The van der Waals surface area contributed by atoms with Crippen LogP contribution in [0, 0.1) is 17.3 Å². The van der Waals surface area contributed by atoms with Crippen LogP contribution in [0.2, 0.25) is 0 Å². The van der Waals surface area contributed by atoms with Crippen molar-refractivity contribution in [3.8, 4) is 0 Å². The summed E-state index contributed by atoms with van der Waals surface area (Å²) in [5.74, 6) is 1.92. The monoisotopic (exact) mass is 321 g/mol. The zero-order valence-corrected chi connectivity index (χ0v) is 16.3. The Balaban J connectivity index is 1.87. The van der Waals surface area contributed by atoms with Crippen molar-refractivity contribution in [3.05, 3.63) is 0 Å². The van der Waals surface area contributed by atoms with Crippen LogP contribution < -0.4 is 5.32 Å². The van der Waals surface area contributed by atoms with Gasteiger partial charge in [-0.25, -0.2) is 0 Å². The quantitative estimate of drug-likeness (QED) is 0.566. The molecule has 0 spiro atoms. The fourth-order valence-corrected chi connectivity index (χ4v) is 4.95. The predicted octanol–water partition coefficient (Wildman–Crippen LogP) is 6.71. The molecule has 0 amide bonds. The SMILES string of the molecule is CC1CCCCCC(C2CCCC(C)(C)CCCN2)CCCC1. The molecular formula is C22H43N. The highest BCUT2D eigenvalue weighted by Gasteiger charge is 2.25. The van der Waals surface area contributed by atoms with Crippen LogP contribution in [0.3, 0.4) is 0 Å². The zero-order chi connectivity index (χ0) is 16.5. The number of rotatable bonds is 1. The average molecular weight is 322 g/mol. The van der Waals surface area contributed by atoms with Crippen LogP contribution in [0.15, 0.2) is 0 Å². The molecule has 0 aromatic rings. The Kier molecular flexibility index (Phi) is 8.44. The Hall–Kier alpha value is -0.0400. The molecule has 136 valence electrons. The molecule has 0 radical (unpaired) electrons. The first-order valence-electron chi connectivity index (χ1n) is 10.8. The molecule has 1 heteroatoms. The van der Waals surface area contributed by atoms with E-state index in [0.29, 0.717) is 5.41 Å². The largest absolute Gasteiger partial charge is 0.314 e. The number of hydrogen-bond donors (Lipinski definition) is 1. The van der Waals surface area contributed by atoms with E-state index in [4.69, 9.17) is 0 Å². The van der Waals surface area contributed by atoms with Gasteiger partial charge in [-0.05, 0) is 62.3 Å². The van der Waals surface area contributed by atoms with Gasteiger partial charge in [-0.15, -0.1) is 0 Å². The Bertz CT molecular complexity index is 309. The summed E-state index contributed by atoms with van der Waals surface area (Å²) in [6, 6.07) is 0.807. The molecule has 1 saturated heterocycles. The van der Waals surface area contributed by atoms with Crippen LogP contribution in [0.5, 0.6) is 0 Å². The van der Waals surface area contributed by atoms with Crippen LogP contribution in [0.25, 0.3) is 0 Å². The average Bonchev–Trinajstić information content (AvgIpc) is 2.55. The normalized spacial score (nSPS) is 35.3. The van der Waals surface area contributed by atoms with Gasteiger partial charge in [-0.3, -0.25) is 0 Å². The molecular weight excluding hydrogens is 278 g/mol. The molecule has 1 nitrogen and oxygen atoms in total. The predicted molar refractivity (Wildman–Crippen MR) is 103 cm³/mol. The first kappa shape index (κ1) is 19.3. The summed E-state index contributed by atoms with van der Waals surface area (Å²) < 4.78 is 0. The lowest BCUT2D eigenvalue weighted by Crippen LogP contribution is -2.36. The van der Waals surface area contributed by atoms with Crippen molar-refractivity contribution >= 4 is 0 Å². The van der Waals surface area contributed by atoms with E-state index in [2.05, 4.69) is 26.1 Å². The molecule has 3 atom stereocenters. The van der Waals surface area contributed by atoms with Crippen molar-refractivity contribution in [2.75, 3.05) is 6.54 Å². The van der Waals surface area contributed by atoms with Crippen LogP contribution in [-0.2, 0) is 0 Å². The maximum absolute atomic E-state index is 3.98. The van der Waals surface area contributed by atoms with Gasteiger partial charge in [0.1, 0.15) is 0 Å². The van der Waals surface area contributed by atoms with Gasteiger partial charge in [0.2, 0.25) is 0 Å². The van der Waals surface area contributed by atoms with Gasteiger partial charge in [0.15, 0.2) is 0 Å². The number of nitrogens with one attached hydrogen (secondary N) is 1. The molecule has 1 aliphatic carbocycles. The van der Waals surface area contributed by atoms with Gasteiger partial charge in [-0.2, -0.15) is 0 Å². The van der Waals surface area contributed by atoms with Gasteiger partial charge in [0, 0.05) is 6.04 Å². The molecule has 1 aliphatic heterocycles. The van der Waals surface area contributed by atoms with Crippen LogP contribution in [0.1, 0.15) is 111 Å². The lowest BCUT2D eigenvalue weighted by molar-refractivity contribution is 0.274. The van der Waals surface area contributed by atoms with Gasteiger partial charge in [0.25, 0.3) is 0 Å². The summed E-state index contributed by atoms with van der Waals surface area (Å²) in [4.78, 5) is 0. The third-order valence-electron chi connectivity index (χ3n) is 6.67. The summed E-state index contributed by atoms with van der Waals surface area (Å²) in [5.41, 5.74) is 0.570. The molecule has 1 N–H and O–H groups in total. The maximum Gasteiger partial charge on any atom is 0.00953 e. The third kappa shape index (κ3) is 7.59. The van der Waals surface area contributed by atoms with Crippen LogP contribution in [-0.4, -0.2) is 12.6 Å². The van der Waals surface area contributed by atoms with E-state index in [-0.39, 0.29) is 0 Å². The van der Waals surface area contributed by atoms with Gasteiger partial charge in [-0.1, -0.05) is 72.1 Å². The number of hydrogen-bond acceptors (Lipinski definition) is 1. The molecule has 0 aromatic heterocycles. The lowest BCUT2D eigenvalue weighted by atomic mass is 9.81. The molecule has 3 unspecified atom stereocenters. The molecule has 1 heterocycles. The lowest BCUT2D eigenvalue weighted by Gasteiger charge is -2.28. The van der Waals surface area contributed by atoms with Crippen molar-refractivity contribution in [1.29, 1.82) is 0 Å². The highest BCUT2D eigenvalue weighted by Crippen LogP contribution is 2.33. The highest BCUT2D eigenvalue weighted by molar-refractivity contribution is 4.81. The van der Waals surface area contributed by atoms with Crippen molar-refractivity contribution in [3.63, 3.8) is 0 Å². The minimum absolute atomic E-state index is 0.570. The van der Waals surface area contributed by atoms with Crippen molar-refractivity contribution in [2.45, 2.75) is 117 Å². The fourth-order valence-electron chi connectivity index (χ4n) is 4.95. The molecule has 23 heavy (non-hydrogen) atoms. The second-order valence-electron chi connectivity index (χ2n) is 9.51. The summed E-state index contributed by atoms with van der Waals surface area (Å²) >= 11 is 0. The van der Waals surface area contributed by atoms with E-state index in [1.54, 1.807) is 0 Å². The Labute approximate surface area is 146 Å². The minimum Gasteiger partial charge on any atom is -0.314 e. The van der Waals surface area contributed by atoms with Gasteiger partial charge in [0.05, 0.1) is 0 Å². The van der Waals surface area contributed by atoms with Gasteiger partial charge >= 0.3 is 0 Å². The smallest absolute Gasteiger partial charge is 0.00953 e. The maximum atomic E-state index is 3.98. The van der Waals surface area contributed by atoms with E-state index in [0.717, 1.165) is 17.9 Å². The van der Waals surface area contributed by atoms with Crippen molar-refractivity contribution < 1.29 is 0 Å². The third-order valence-corrected chi connectivity index (χ3v) is 6.67. The summed E-state index contributed by atoms with van der Waals surface area (Å²) in [7, 11) is 0. The van der Waals surface area contributed by atoms with E-state index in [1.807, 2.05) is 0 Å². The second kappa shape index (κ2) is 10.1. The Morgan fingerprint density at radius 3 is 2.09 bits per heavy atom. The van der Waals surface area contributed by atoms with Crippen molar-refractivity contribution in [2.24, 2.45) is 17.3 Å². The molecule has 2 aliphatic rings. The van der Waals surface area contributed by atoms with Crippen molar-refractivity contribution in [1.82, 2.24) is 5.32 Å². The first-order valence-corrected chi connectivity index (χ1v) is 10.8. The van der Waals surface area contributed by atoms with Crippen LogP contribution in [0.4, 0.5) is 0 Å². The standard InChI is InChI=1S/C22H43N/c1-19-11-5-4-6-13-20(14-8-7-12-19)21-15-9-16-22(2,3)17-10-18-23-21/h19-21,23H,4-18H2,1-3H3. The zero-order valence-electron chi connectivity index (χ0n) is 16.3. The van der Waals surface area contributed by atoms with E-state index >= 15 is 0 Å². The molecule has 1 saturated carbocycles. The first-order chi connectivity index (χ1) is 11.1. The highest BCUT2D eigenvalue weighted by atomic mass is 14.9. The molecule has 2 rings (SSSR count). The summed E-state index contributed by atoms with van der Waals surface area (Å²) in [6.45, 7) is 8.67. The molecule has 0 bridgehead atoms. The fraction of sp³-hybridized carbons (Fsp3) is 1.00. The topological polar surface area (TPSA) is 12.0 Å². The van der Waals surface area contributed by atoms with Crippen LogP contribution >= 0.6 is 0 Å². The second-order valence-corrected chi connectivity index (χ2v) is 9.51. The van der Waals surface area contributed by atoms with E-state index in [9.17, 15) is 0 Å². The minimum atomic E-state index is 0.570. The summed E-state index contributed by atoms with van der Waals surface area (Å²) in [6.07, 6.45) is 20.3. The van der Waals surface area contributed by atoms with E-state index < -0.39 is 0 Å². The molecule has 2 fully saturated rings. The van der Waals surface area contributed by atoms with E-state index in [1.165, 1.54) is 96.4 Å². The Morgan fingerprint density at radius 2 is 1.30 bits per heavy atom. The summed E-state index contributed by atoms with van der Waals surface area (Å²) in [5, 5.41) is 3.98. The van der Waals surface area contributed by atoms with Gasteiger partial charge < -0.3 is 5.32 Å².